The average Bonchev–Trinajstić information content (AvgIpc) is 2.41. The molecule has 0 unspecified atom stereocenters. The van der Waals surface area contributed by atoms with Crippen LogP contribution in [0.15, 0.2) is 18.2 Å². The summed E-state index contributed by atoms with van der Waals surface area (Å²) in [4.78, 5) is 13.9. The highest BCUT2D eigenvalue weighted by molar-refractivity contribution is 5.96. The molecule has 0 aromatic heterocycles. The Hall–Kier alpha value is -2.02. The van der Waals surface area contributed by atoms with Crippen molar-refractivity contribution in [3.8, 4) is 6.07 Å². The lowest BCUT2D eigenvalue weighted by Gasteiger charge is -2.30. The number of nitrogen functional groups attached to an aromatic ring is 1. The minimum atomic E-state index is -0.331. The Morgan fingerprint density at radius 1 is 1.40 bits per heavy atom. The number of anilines is 2. The first-order chi connectivity index (χ1) is 9.43. The summed E-state index contributed by atoms with van der Waals surface area (Å²) in [6.45, 7) is 4.53. The second-order valence-electron chi connectivity index (χ2n) is 6.03. The summed E-state index contributed by atoms with van der Waals surface area (Å²) in [6, 6.07) is 8.01. The van der Waals surface area contributed by atoms with Gasteiger partial charge in [-0.05, 0) is 56.9 Å². The molecule has 1 amide bonds. The molecule has 0 aliphatic carbocycles. The van der Waals surface area contributed by atoms with Crippen LogP contribution in [-0.2, 0) is 11.2 Å². The third-order valence-corrected chi connectivity index (χ3v) is 3.79. The van der Waals surface area contributed by atoms with Gasteiger partial charge >= 0.3 is 0 Å². The minimum Gasteiger partial charge on any atom is -0.399 e. The number of rotatable bonds is 4. The van der Waals surface area contributed by atoms with Crippen LogP contribution in [0.3, 0.4) is 0 Å². The molecule has 0 saturated carbocycles. The lowest BCUT2D eigenvalue weighted by Crippen LogP contribution is -2.36. The summed E-state index contributed by atoms with van der Waals surface area (Å²) in [7, 11) is 0. The van der Waals surface area contributed by atoms with Gasteiger partial charge in [0.05, 0.1) is 11.5 Å². The van der Waals surface area contributed by atoms with Gasteiger partial charge in [-0.3, -0.25) is 4.79 Å². The van der Waals surface area contributed by atoms with Crippen LogP contribution >= 0.6 is 0 Å². The van der Waals surface area contributed by atoms with Crippen molar-refractivity contribution >= 4 is 17.3 Å². The molecule has 20 heavy (non-hydrogen) atoms. The van der Waals surface area contributed by atoms with Crippen LogP contribution in [0.1, 0.15) is 38.7 Å². The SMILES string of the molecule is CC(C)(C#N)CCCN1C(=O)CCc2cc(N)ccc21. The van der Waals surface area contributed by atoms with Crippen LogP contribution in [0.25, 0.3) is 0 Å². The van der Waals surface area contributed by atoms with Crippen molar-refractivity contribution in [1.29, 1.82) is 5.26 Å². The van der Waals surface area contributed by atoms with E-state index < -0.39 is 0 Å². The van der Waals surface area contributed by atoms with Crippen molar-refractivity contribution in [2.45, 2.75) is 39.5 Å². The van der Waals surface area contributed by atoms with Gasteiger partial charge in [0.1, 0.15) is 0 Å². The van der Waals surface area contributed by atoms with E-state index in [0.717, 1.165) is 36.2 Å². The molecule has 0 radical (unpaired) electrons. The van der Waals surface area contributed by atoms with Gasteiger partial charge in [-0.25, -0.2) is 0 Å². The van der Waals surface area contributed by atoms with Crippen molar-refractivity contribution in [2.75, 3.05) is 17.2 Å². The number of aryl methyl sites for hydroxylation is 1. The van der Waals surface area contributed by atoms with Crippen molar-refractivity contribution in [1.82, 2.24) is 0 Å². The van der Waals surface area contributed by atoms with Gasteiger partial charge in [-0.1, -0.05) is 0 Å². The molecule has 0 saturated heterocycles. The van der Waals surface area contributed by atoms with E-state index in [4.69, 9.17) is 11.0 Å². The molecule has 1 aliphatic rings. The Morgan fingerprint density at radius 3 is 2.85 bits per heavy atom. The van der Waals surface area contributed by atoms with E-state index in [2.05, 4.69) is 6.07 Å². The number of nitriles is 1. The number of nitrogens with zero attached hydrogens (tertiary/aromatic N) is 2. The highest BCUT2D eigenvalue weighted by atomic mass is 16.2. The number of amides is 1. The number of fused-ring (bicyclic) bond motifs is 1. The fourth-order valence-electron chi connectivity index (χ4n) is 2.56. The fraction of sp³-hybridized carbons (Fsp3) is 0.500. The molecule has 0 spiro atoms. The normalized spacial score (nSPS) is 14.8. The lowest BCUT2D eigenvalue weighted by molar-refractivity contribution is -0.118. The maximum Gasteiger partial charge on any atom is 0.227 e. The Morgan fingerprint density at radius 2 is 2.15 bits per heavy atom. The van der Waals surface area contributed by atoms with Gasteiger partial charge in [0, 0.05) is 24.3 Å². The molecule has 1 aliphatic heterocycles. The number of hydrogen-bond acceptors (Lipinski definition) is 3. The van der Waals surface area contributed by atoms with Crippen molar-refractivity contribution < 1.29 is 4.79 Å². The molecule has 1 heterocycles. The zero-order valence-corrected chi connectivity index (χ0v) is 12.1. The van der Waals surface area contributed by atoms with Crippen LogP contribution in [0, 0.1) is 16.7 Å². The average molecular weight is 271 g/mol. The van der Waals surface area contributed by atoms with Crippen LogP contribution < -0.4 is 10.6 Å². The third-order valence-electron chi connectivity index (χ3n) is 3.79. The summed E-state index contributed by atoms with van der Waals surface area (Å²) < 4.78 is 0. The molecular formula is C16H21N3O. The van der Waals surface area contributed by atoms with E-state index in [0.29, 0.717) is 13.0 Å². The summed E-state index contributed by atoms with van der Waals surface area (Å²) in [6.07, 6.45) is 2.92. The van der Waals surface area contributed by atoms with Gasteiger partial charge in [0.15, 0.2) is 0 Å². The van der Waals surface area contributed by atoms with Crippen molar-refractivity contribution in [3.63, 3.8) is 0 Å². The first kappa shape index (κ1) is 14.4. The molecule has 106 valence electrons. The smallest absolute Gasteiger partial charge is 0.227 e. The van der Waals surface area contributed by atoms with Crippen LogP contribution in [0.5, 0.6) is 0 Å². The molecule has 4 nitrogen and oxygen atoms in total. The largest absolute Gasteiger partial charge is 0.399 e. The van der Waals surface area contributed by atoms with Crippen LogP contribution in [0.2, 0.25) is 0 Å². The first-order valence-corrected chi connectivity index (χ1v) is 7.03. The summed E-state index contributed by atoms with van der Waals surface area (Å²) in [5.74, 6) is 0.164. The molecule has 0 atom stereocenters. The monoisotopic (exact) mass is 271 g/mol. The fourth-order valence-corrected chi connectivity index (χ4v) is 2.56. The molecule has 0 fully saturated rings. The maximum atomic E-state index is 12.1. The Bertz CT molecular complexity index is 557. The number of carbonyl (C=O) groups is 1. The zero-order valence-electron chi connectivity index (χ0n) is 12.1. The quantitative estimate of drug-likeness (QED) is 0.856. The first-order valence-electron chi connectivity index (χ1n) is 7.03. The van der Waals surface area contributed by atoms with Crippen molar-refractivity contribution in [2.24, 2.45) is 5.41 Å². The summed E-state index contributed by atoms with van der Waals surface area (Å²) >= 11 is 0. The number of nitrogens with two attached hydrogens (primary N) is 1. The van der Waals surface area contributed by atoms with E-state index in [1.165, 1.54) is 0 Å². The zero-order chi connectivity index (χ0) is 14.8. The second-order valence-corrected chi connectivity index (χ2v) is 6.03. The van der Waals surface area contributed by atoms with E-state index in [1.807, 2.05) is 36.9 Å². The lowest BCUT2D eigenvalue weighted by atomic mass is 9.89. The number of carbonyl (C=O) groups excluding carboxylic acids is 1. The summed E-state index contributed by atoms with van der Waals surface area (Å²) in [5, 5.41) is 9.03. The highest BCUT2D eigenvalue weighted by Crippen LogP contribution is 2.30. The van der Waals surface area contributed by atoms with Gasteiger partial charge in [-0.2, -0.15) is 5.26 Å². The minimum absolute atomic E-state index is 0.164. The second kappa shape index (κ2) is 5.54. The molecule has 0 bridgehead atoms. The number of hydrogen-bond donors (Lipinski definition) is 1. The van der Waals surface area contributed by atoms with E-state index in [-0.39, 0.29) is 11.3 Å². The van der Waals surface area contributed by atoms with Gasteiger partial charge < -0.3 is 10.6 Å². The van der Waals surface area contributed by atoms with Crippen molar-refractivity contribution in [3.05, 3.63) is 23.8 Å². The Kier molecular flexibility index (Phi) is 3.99. The predicted molar refractivity (Wildman–Crippen MR) is 80.2 cm³/mol. The predicted octanol–water partition coefficient (Wildman–Crippen LogP) is 2.88. The standard InChI is InChI=1S/C16H21N3O/c1-16(2,11-17)8-3-9-19-14-6-5-13(18)10-12(14)4-7-15(19)20/h5-6,10H,3-4,7-9,18H2,1-2H3. The molecule has 1 aromatic carbocycles. The molecule has 1 aromatic rings. The van der Waals surface area contributed by atoms with Crippen LogP contribution in [0.4, 0.5) is 11.4 Å². The third kappa shape index (κ3) is 3.11. The van der Waals surface area contributed by atoms with E-state index in [9.17, 15) is 4.79 Å². The topological polar surface area (TPSA) is 70.1 Å². The summed E-state index contributed by atoms with van der Waals surface area (Å²) in [5.41, 5.74) is 8.33. The maximum absolute atomic E-state index is 12.1. The molecule has 4 heteroatoms. The Labute approximate surface area is 120 Å². The number of benzene rings is 1. The highest BCUT2D eigenvalue weighted by Gasteiger charge is 2.25. The van der Waals surface area contributed by atoms with E-state index >= 15 is 0 Å². The molecule has 2 N–H and O–H groups in total. The van der Waals surface area contributed by atoms with Gasteiger partial charge in [0.2, 0.25) is 5.91 Å². The van der Waals surface area contributed by atoms with Gasteiger partial charge in [0.25, 0.3) is 0 Å². The van der Waals surface area contributed by atoms with E-state index in [1.54, 1.807) is 0 Å². The van der Waals surface area contributed by atoms with Crippen LogP contribution in [-0.4, -0.2) is 12.5 Å². The van der Waals surface area contributed by atoms with Gasteiger partial charge in [-0.15, -0.1) is 0 Å². The molecular weight excluding hydrogens is 250 g/mol. The molecule has 2 rings (SSSR count). The Balaban J connectivity index is 2.09.